The Bertz CT molecular complexity index is 578. The third kappa shape index (κ3) is 5.58. The largest absolute Gasteiger partial charge is 0.475 e. The number of nitrogens with zero attached hydrogens (tertiary/aromatic N) is 2. The van der Waals surface area contributed by atoms with Gasteiger partial charge in [0.25, 0.3) is 0 Å². The van der Waals surface area contributed by atoms with Crippen LogP contribution in [-0.2, 0) is 11.3 Å². The summed E-state index contributed by atoms with van der Waals surface area (Å²) in [6, 6.07) is 4.81. The van der Waals surface area contributed by atoms with E-state index in [2.05, 4.69) is 22.1 Å². The Balaban J connectivity index is 0.00000225. The summed E-state index contributed by atoms with van der Waals surface area (Å²) in [5, 5.41) is 3.43. The lowest BCUT2D eigenvalue weighted by Crippen LogP contribution is -2.44. The fourth-order valence-electron chi connectivity index (χ4n) is 3.42. The lowest BCUT2D eigenvalue weighted by atomic mass is 9.91. The van der Waals surface area contributed by atoms with E-state index in [1.54, 1.807) is 6.20 Å². The lowest BCUT2D eigenvalue weighted by molar-refractivity contribution is -0.138. The molecule has 1 amide bonds. The van der Waals surface area contributed by atoms with E-state index in [1.165, 1.54) is 0 Å². The van der Waals surface area contributed by atoms with E-state index in [0.29, 0.717) is 30.4 Å². The van der Waals surface area contributed by atoms with Crippen LogP contribution in [0.1, 0.15) is 52.0 Å². The average molecular weight is 368 g/mol. The molecule has 1 aromatic rings. The number of piperidine rings is 1. The van der Waals surface area contributed by atoms with Gasteiger partial charge in [0, 0.05) is 36.8 Å². The molecule has 1 aromatic heterocycles. The van der Waals surface area contributed by atoms with E-state index in [9.17, 15) is 4.79 Å². The van der Waals surface area contributed by atoms with Crippen molar-refractivity contribution in [2.75, 3.05) is 6.54 Å². The van der Waals surface area contributed by atoms with Crippen LogP contribution in [0.15, 0.2) is 18.3 Å². The Labute approximate surface area is 156 Å². The third-order valence-corrected chi connectivity index (χ3v) is 4.75. The molecule has 1 aliphatic heterocycles. The van der Waals surface area contributed by atoms with Gasteiger partial charge in [-0.25, -0.2) is 4.98 Å². The molecule has 2 fully saturated rings. The first-order valence-electron chi connectivity index (χ1n) is 9.18. The molecule has 25 heavy (non-hydrogen) atoms. The van der Waals surface area contributed by atoms with Crippen molar-refractivity contribution in [1.82, 2.24) is 15.2 Å². The number of amides is 1. The summed E-state index contributed by atoms with van der Waals surface area (Å²) in [7, 11) is 0. The van der Waals surface area contributed by atoms with E-state index in [-0.39, 0.29) is 24.4 Å². The van der Waals surface area contributed by atoms with Crippen molar-refractivity contribution < 1.29 is 9.53 Å². The fourth-order valence-corrected chi connectivity index (χ4v) is 3.42. The highest BCUT2D eigenvalue weighted by atomic mass is 35.5. The first-order valence-corrected chi connectivity index (χ1v) is 9.18. The van der Waals surface area contributed by atoms with Gasteiger partial charge in [-0.05, 0) is 64.6 Å². The topological polar surface area (TPSA) is 54.5 Å². The standard InChI is InChI=1S/C19H29N3O2.ClH/c1-13(2)24-18-11-15(6-8-21-18)12-22(17-4-5-17)19(23)16-7-9-20-14(3)10-16;/h6,8,11,13-14,16-17,20H,4-5,7,9-10,12H2,1-3H3;1H/t14-,16-;/m0./s1. The Morgan fingerprint density at radius 1 is 1.40 bits per heavy atom. The molecule has 1 saturated heterocycles. The molecule has 1 aliphatic carbocycles. The number of carbonyl (C=O) groups is 1. The van der Waals surface area contributed by atoms with E-state index >= 15 is 0 Å². The smallest absolute Gasteiger partial charge is 0.226 e. The number of aromatic nitrogens is 1. The molecular weight excluding hydrogens is 338 g/mol. The van der Waals surface area contributed by atoms with Crippen LogP contribution in [0.5, 0.6) is 5.88 Å². The summed E-state index contributed by atoms with van der Waals surface area (Å²) >= 11 is 0. The minimum atomic E-state index is 0. The molecule has 2 aliphatic rings. The van der Waals surface area contributed by atoms with Gasteiger partial charge in [0.05, 0.1) is 6.10 Å². The third-order valence-electron chi connectivity index (χ3n) is 4.75. The number of hydrogen-bond acceptors (Lipinski definition) is 4. The second kappa shape index (κ2) is 8.86. The van der Waals surface area contributed by atoms with Gasteiger partial charge in [0.1, 0.15) is 0 Å². The highest BCUT2D eigenvalue weighted by Crippen LogP contribution is 2.32. The number of halogens is 1. The van der Waals surface area contributed by atoms with Crippen molar-refractivity contribution in [1.29, 1.82) is 0 Å². The van der Waals surface area contributed by atoms with Crippen LogP contribution in [0.3, 0.4) is 0 Å². The predicted molar refractivity (Wildman–Crippen MR) is 101 cm³/mol. The highest BCUT2D eigenvalue weighted by Gasteiger charge is 2.37. The van der Waals surface area contributed by atoms with Crippen LogP contribution >= 0.6 is 12.4 Å². The normalized spacial score (nSPS) is 23.0. The number of carbonyl (C=O) groups excluding carboxylic acids is 1. The van der Waals surface area contributed by atoms with Crippen LogP contribution < -0.4 is 10.1 Å². The first-order chi connectivity index (χ1) is 11.5. The van der Waals surface area contributed by atoms with Crippen molar-refractivity contribution in [3.8, 4) is 5.88 Å². The Hall–Kier alpha value is -1.33. The van der Waals surface area contributed by atoms with Crippen LogP contribution in [0.2, 0.25) is 0 Å². The van der Waals surface area contributed by atoms with Crippen LogP contribution in [-0.4, -0.2) is 40.5 Å². The number of pyridine rings is 1. The van der Waals surface area contributed by atoms with Crippen molar-refractivity contribution >= 4 is 18.3 Å². The van der Waals surface area contributed by atoms with Gasteiger partial charge in [0.15, 0.2) is 0 Å². The number of nitrogens with one attached hydrogen (secondary N) is 1. The van der Waals surface area contributed by atoms with Gasteiger partial charge in [-0.1, -0.05) is 0 Å². The van der Waals surface area contributed by atoms with Crippen molar-refractivity contribution in [3.05, 3.63) is 23.9 Å². The van der Waals surface area contributed by atoms with Gasteiger partial charge in [-0.15, -0.1) is 12.4 Å². The van der Waals surface area contributed by atoms with Crippen LogP contribution in [0, 0.1) is 5.92 Å². The maximum atomic E-state index is 13.0. The first kappa shape index (κ1) is 20.0. The molecule has 6 heteroatoms. The number of ether oxygens (including phenoxy) is 1. The van der Waals surface area contributed by atoms with E-state index in [0.717, 1.165) is 37.8 Å². The molecule has 2 heterocycles. The van der Waals surface area contributed by atoms with Gasteiger partial charge >= 0.3 is 0 Å². The zero-order chi connectivity index (χ0) is 17.1. The summed E-state index contributed by atoms with van der Waals surface area (Å²) in [5.74, 6) is 1.13. The van der Waals surface area contributed by atoms with Crippen molar-refractivity contribution in [2.24, 2.45) is 5.92 Å². The van der Waals surface area contributed by atoms with Crippen molar-refractivity contribution in [3.63, 3.8) is 0 Å². The summed E-state index contributed by atoms with van der Waals surface area (Å²) in [4.78, 5) is 19.4. The molecule has 2 atom stereocenters. The average Bonchev–Trinajstić information content (AvgIpc) is 3.36. The van der Waals surface area contributed by atoms with Gasteiger partial charge in [0.2, 0.25) is 11.8 Å². The maximum absolute atomic E-state index is 13.0. The van der Waals surface area contributed by atoms with Gasteiger partial charge in [-0.3, -0.25) is 4.79 Å². The molecule has 0 unspecified atom stereocenters. The molecule has 1 saturated carbocycles. The molecule has 5 nitrogen and oxygen atoms in total. The minimum absolute atomic E-state index is 0. The molecule has 140 valence electrons. The second-order valence-corrected chi connectivity index (χ2v) is 7.44. The van der Waals surface area contributed by atoms with Crippen LogP contribution in [0.4, 0.5) is 0 Å². The van der Waals surface area contributed by atoms with E-state index in [1.807, 2.05) is 26.0 Å². The quantitative estimate of drug-likeness (QED) is 0.839. The Kier molecular flexibility index (Phi) is 7.08. The molecule has 0 bridgehead atoms. The highest BCUT2D eigenvalue weighted by molar-refractivity contribution is 5.85. The number of hydrogen-bond donors (Lipinski definition) is 1. The van der Waals surface area contributed by atoms with Crippen LogP contribution in [0.25, 0.3) is 0 Å². The summed E-state index contributed by atoms with van der Waals surface area (Å²) < 4.78 is 5.68. The minimum Gasteiger partial charge on any atom is -0.475 e. The fraction of sp³-hybridized carbons (Fsp3) is 0.684. The second-order valence-electron chi connectivity index (χ2n) is 7.44. The Morgan fingerprint density at radius 2 is 2.16 bits per heavy atom. The monoisotopic (exact) mass is 367 g/mol. The lowest BCUT2D eigenvalue weighted by Gasteiger charge is -2.32. The Morgan fingerprint density at radius 3 is 2.80 bits per heavy atom. The zero-order valence-corrected chi connectivity index (χ0v) is 16.2. The van der Waals surface area contributed by atoms with E-state index in [4.69, 9.17) is 4.74 Å². The molecular formula is C19H30ClN3O2. The summed E-state index contributed by atoms with van der Waals surface area (Å²) in [5.41, 5.74) is 1.10. The van der Waals surface area contributed by atoms with Gasteiger partial charge < -0.3 is 15.0 Å². The molecule has 1 N–H and O–H groups in total. The predicted octanol–water partition coefficient (Wildman–Crippen LogP) is 3.17. The van der Waals surface area contributed by atoms with E-state index < -0.39 is 0 Å². The van der Waals surface area contributed by atoms with Crippen molar-refractivity contribution in [2.45, 2.75) is 71.2 Å². The summed E-state index contributed by atoms with van der Waals surface area (Å²) in [6.45, 7) is 7.76. The maximum Gasteiger partial charge on any atom is 0.226 e. The molecule has 0 spiro atoms. The molecule has 0 radical (unpaired) electrons. The number of rotatable bonds is 6. The van der Waals surface area contributed by atoms with Gasteiger partial charge in [-0.2, -0.15) is 0 Å². The summed E-state index contributed by atoms with van der Waals surface area (Å²) in [6.07, 6.45) is 6.03. The molecule has 0 aromatic carbocycles. The SMILES string of the molecule is CC(C)Oc1cc(CN(C(=O)[C@H]2CCN[C@@H](C)C2)C2CC2)ccn1.Cl. The molecule has 3 rings (SSSR count). The zero-order valence-electron chi connectivity index (χ0n) is 15.4.